The van der Waals surface area contributed by atoms with Crippen LogP contribution in [-0.4, -0.2) is 116 Å². The van der Waals surface area contributed by atoms with Crippen LogP contribution in [0.5, 0.6) is 0 Å². The summed E-state index contributed by atoms with van der Waals surface area (Å²) >= 11 is 0. The van der Waals surface area contributed by atoms with Gasteiger partial charge in [-0.15, -0.1) is 10.1 Å². The lowest BCUT2D eigenvalue weighted by Gasteiger charge is -2.18. The number of hydrogen-bond acceptors (Lipinski definition) is 12. The van der Waals surface area contributed by atoms with E-state index in [0.717, 1.165) is 0 Å². The Morgan fingerprint density at radius 1 is 0.722 bits per heavy atom. The fraction of sp³-hybridized carbons (Fsp3) is 0.250. The van der Waals surface area contributed by atoms with Crippen molar-refractivity contribution in [1.82, 2.24) is 0 Å². The van der Waals surface area contributed by atoms with Crippen molar-refractivity contribution < 1.29 is 102 Å². The van der Waals surface area contributed by atoms with Crippen LogP contribution in [0.15, 0.2) is 12.2 Å². The van der Waals surface area contributed by atoms with Crippen LogP contribution >= 0.6 is 0 Å². The molecule has 36 heavy (non-hydrogen) atoms. The molecule has 0 rings (SSSR count). The highest BCUT2D eigenvalue weighted by Crippen LogP contribution is 2.15. The summed E-state index contributed by atoms with van der Waals surface area (Å²) in [7, 11) is -4.67. The normalized spacial score (nSPS) is 9.53. The third-order valence-electron chi connectivity index (χ3n) is 1.84. The van der Waals surface area contributed by atoms with Gasteiger partial charge >= 0.3 is 52.2 Å². The van der Waals surface area contributed by atoms with E-state index in [9.17, 15) is 24.0 Å². The van der Waals surface area contributed by atoms with E-state index in [2.05, 4.69) is 0 Å². The summed E-state index contributed by atoms with van der Waals surface area (Å²) in [5, 5.41) is 77.9. The maximum absolute atomic E-state index is 10.3. The van der Waals surface area contributed by atoms with E-state index in [0.29, 0.717) is 12.2 Å². The van der Waals surface area contributed by atoms with Crippen molar-refractivity contribution in [2.24, 2.45) is 0 Å². The number of aliphatic hydroxyl groups is 1. The van der Waals surface area contributed by atoms with Gasteiger partial charge in [-0.25, -0.2) is 24.0 Å². The zero-order valence-electron chi connectivity index (χ0n) is 16.8. The lowest BCUT2D eigenvalue weighted by atomic mass is 9.96. The number of nitrogens with zero attached hydrogens (tertiary/aromatic N) is 1. The quantitative estimate of drug-likeness (QED) is 0.0476. The second-order valence-corrected chi connectivity index (χ2v) is 5.68. The Hall–Kier alpha value is -4.94. The van der Waals surface area contributed by atoms with Crippen molar-refractivity contribution in [3.05, 3.63) is 22.3 Å². The fourth-order valence-electron chi connectivity index (χ4n) is 0.857. The Balaban J connectivity index is -0.000000120. The van der Waals surface area contributed by atoms with Crippen LogP contribution in [0.25, 0.3) is 0 Å². The van der Waals surface area contributed by atoms with E-state index in [-0.39, 0.29) is 0 Å². The minimum absolute atomic E-state index is 0.558. The molecule has 0 unspecified atom stereocenters. The Morgan fingerprint density at radius 3 is 1.00 bits per heavy atom. The molecule has 0 atom stereocenters. The van der Waals surface area contributed by atoms with Crippen LogP contribution in [0, 0.1) is 10.1 Å². The van der Waals surface area contributed by atoms with Crippen molar-refractivity contribution in [3.63, 3.8) is 0 Å². The molecule has 0 bridgehead atoms. The van der Waals surface area contributed by atoms with Gasteiger partial charge in [-0.2, -0.15) is 8.42 Å². The average Bonchev–Trinajstić information content (AvgIpc) is 2.57. The number of carbonyl (C=O) groups is 7. The number of hydrogen-bond donors (Lipinski definition) is 11. The molecule has 0 aliphatic heterocycles. The second-order valence-electron chi connectivity index (χ2n) is 4.78. The molecule has 0 spiro atoms. The molecule has 0 aliphatic carbocycles. The molecule has 23 nitrogen and oxygen atoms in total. The Morgan fingerprint density at radius 2 is 0.917 bits per heavy atom. The predicted octanol–water partition coefficient (Wildman–Crippen LogP) is -3.38. The SMILES string of the molecule is O=C(O)C(=O)O.O=C(O)C=CC(=O)O.O=C(O)CC(O)(CC(=O)O)C(=O)O.O=S(=O)(O)O.O=[N+]([O-])O. The van der Waals surface area contributed by atoms with Crippen LogP contribution < -0.4 is 0 Å². The van der Waals surface area contributed by atoms with E-state index < -0.39 is 75.7 Å². The first-order valence-electron chi connectivity index (χ1n) is 7.31. The van der Waals surface area contributed by atoms with Crippen LogP contribution in [0.2, 0.25) is 0 Å². The molecule has 0 aromatic rings. The van der Waals surface area contributed by atoms with Gasteiger partial charge in [0.05, 0.1) is 12.8 Å². The van der Waals surface area contributed by atoms with Gasteiger partial charge in [0.25, 0.3) is 5.09 Å². The van der Waals surface area contributed by atoms with Crippen molar-refractivity contribution >= 4 is 52.2 Å². The molecular formula is C12H17NO22S. The summed E-state index contributed by atoms with van der Waals surface area (Å²) in [6.07, 6.45) is -1.17. The van der Waals surface area contributed by atoms with Gasteiger partial charge in [-0.1, -0.05) is 0 Å². The van der Waals surface area contributed by atoms with Gasteiger partial charge < -0.3 is 46.1 Å². The third-order valence-corrected chi connectivity index (χ3v) is 1.84. The van der Waals surface area contributed by atoms with Gasteiger partial charge in [0.1, 0.15) is 0 Å². The summed E-state index contributed by atoms with van der Waals surface area (Å²) in [6.45, 7) is 0. The fourth-order valence-corrected chi connectivity index (χ4v) is 0.857. The molecule has 24 heteroatoms. The molecule has 0 fully saturated rings. The molecule has 11 N–H and O–H groups in total. The van der Waals surface area contributed by atoms with Crippen molar-refractivity contribution in [3.8, 4) is 0 Å². The number of aliphatic carboxylic acids is 7. The van der Waals surface area contributed by atoms with Gasteiger partial charge in [0.2, 0.25) is 0 Å². The monoisotopic (exact) mass is 559 g/mol. The van der Waals surface area contributed by atoms with Crippen LogP contribution in [0.3, 0.4) is 0 Å². The molecule has 0 aromatic carbocycles. The molecule has 0 amide bonds. The first kappa shape index (κ1) is 41.3. The van der Waals surface area contributed by atoms with Crippen LogP contribution in [-0.2, 0) is 44.0 Å². The van der Waals surface area contributed by atoms with Crippen LogP contribution in [0.4, 0.5) is 0 Å². The smallest absolute Gasteiger partial charge is 0.414 e. The third kappa shape index (κ3) is 56.9. The highest BCUT2D eigenvalue weighted by Gasteiger charge is 2.40. The van der Waals surface area contributed by atoms with Crippen LogP contribution in [0.1, 0.15) is 12.8 Å². The minimum atomic E-state index is -4.67. The summed E-state index contributed by atoms with van der Waals surface area (Å²) in [6, 6.07) is 0. The lowest BCUT2D eigenvalue weighted by Crippen LogP contribution is -2.42. The van der Waals surface area contributed by atoms with Gasteiger partial charge in [0, 0.05) is 12.2 Å². The predicted molar refractivity (Wildman–Crippen MR) is 99.7 cm³/mol. The van der Waals surface area contributed by atoms with E-state index in [1.807, 2.05) is 0 Å². The number of carboxylic acid groups (broad SMARTS) is 7. The van der Waals surface area contributed by atoms with E-state index in [1.165, 1.54) is 0 Å². The molecule has 0 radical (unpaired) electrons. The zero-order valence-corrected chi connectivity index (χ0v) is 17.7. The largest absolute Gasteiger partial charge is 0.481 e. The van der Waals surface area contributed by atoms with Gasteiger partial charge in [-0.3, -0.25) is 18.7 Å². The van der Waals surface area contributed by atoms with Crippen molar-refractivity contribution in [2.75, 3.05) is 0 Å². The average molecular weight is 559 g/mol. The summed E-state index contributed by atoms with van der Waals surface area (Å²) in [5.74, 6) is -11.2. The van der Waals surface area contributed by atoms with E-state index >= 15 is 0 Å². The maximum Gasteiger partial charge on any atom is 0.414 e. The second kappa shape index (κ2) is 20.7. The molecule has 0 saturated carbocycles. The summed E-state index contributed by atoms with van der Waals surface area (Å²) < 4.78 is 31.6. The van der Waals surface area contributed by atoms with E-state index in [1.54, 1.807) is 0 Å². The van der Waals surface area contributed by atoms with Gasteiger partial charge in [-0.05, 0) is 0 Å². The van der Waals surface area contributed by atoms with Crippen molar-refractivity contribution in [1.29, 1.82) is 0 Å². The molecular weight excluding hydrogens is 542 g/mol. The zero-order chi connectivity index (χ0) is 30.4. The molecule has 0 aliphatic rings. The number of carboxylic acids is 7. The molecule has 0 saturated heterocycles. The lowest BCUT2D eigenvalue weighted by molar-refractivity contribution is -0.742. The number of rotatable bonds is 7. The topological polar surface area (TPSA) is 419 Å². The minimum Gasteiger partial charge on any atom is -0.481 e. The first-order valence-corrected chi connectivity index (χ1v) is 8.70. The highest BCUT2D eigenvalue weighted by atomic mass is 32.3. The summed E-state index contributed by atoms with van der Waals surface area (Å²) in [5.41, 5.74) is -2.74. The Kier molecular flexibility index (Phi) is 23.7. The first-order chi connectivity index (χ1) is 15.8. The van der Waals surface area contributed by atoms with Crippen molar-refractivity contribution in [2.45, 2.75) is 18.4 Å². The Labute approximate surface area is 196 Å². The van der Waals surface area contributed by atoms with E-state index in [4.69, 9.17) is 83.3 Å². The maximum atomic E-state index is 10.3. The molecule has 208 valence electrons. The Bertz CT molecular complexity index is 875. The molecule has 0 heterocycles. The summed E-state index contributed by atoms with van der Waals surface area (Å²) in [4.78, 5) is 76.2. The standard InChI is InChI=1S/C6H8O7.C4H4O4.C2H2O4.HNO3.H2O4S/c7-3(8)1-6(13,5(11)12)2-4(9)10;5-3(6)1-2-4(7)8;3-1(4)2(5)6;2-1(3)4;1-5(2,3)4/h13H,1-2H2,(H,7,8)(H,9,10)(H,11,12);1-2H,(H,5,6)(H,7,8);(H,3,4)(H,5,6);(H,2,3,4);(H2,1,2,3,4). The molecule has 0 aromatic heterocycles. The highest BCUT2D eigenvalue weighted by molar-refractivity contribution is 7.79. The van der Waals surface area contributed by atoms with Gasteiger partial charge in [0.15, 0.2) is 5.60 Å².